The van der Waals surface area contributed by atoms with Crippen molar-refractivity contribution in [2.24, 2.45) is 0 Å². The maximum absolute atomic E-state index is 11.5. The Balaban J connectivity index is 2.42. The number of pyridine rings is 1. The summed E-state index contributed by atoms with van der Waals surface area (Å²) >= 11 is 0. The second-order valence-electron chi connectivity index (χ2n) is 3.47. The van der Waals surface area contributed by atoms with Crippen molar-refractivity contribution in [2.45, 2.75) is 13.3 Å². The molecule has 0 unspecified atom stereocenters. The van der Waals surface area contributed by atoms with Gasteiger partial charge in [-0.05, 0) is 12.5 Å². The minimum absolute atomic E-state index is 0.0715. The SMILES string of the molecule is CCCNC(=O)CNC(=O)c1ccc(=O)[nH]c1. The maximum atomic E-state index is 11.5. The Bertz CT molecular complexity index is 433. The van der Waals surface area contributed by atoms with Crippen LogP contribution in [0.5, 0.6) is 0 Å². The average molecular weight is 237 g/mol. The number of hydrogen-bond acceptors (Lipinski definition) is 3. The predicted octanol–water partition coefficient (Wildman–Crippen LogP) is -0.369. The Morgan fingerprint density at radius 2 is 2.06 bits per heavy atom. The molecule has 1 heterocycles. The molecular weight excluding hydrogens is 222 g/mol. The van der Waals surface area contributed by atoms with Crippen molar-refractivity contribution in [3.05, 3.63) is 34.2 Å². The van der Waals surface area contributed by atoms with E-state index in [-0.39, 0.29) is 18.0 Å². The van der Waals surface area contributed by atoms with E-state index in [0.717, 1.165) is 6.42 Å². The van der Waals surface area contributed by atoms with Crippen molar-refractivity contribution in [3.8, 4) is 0 Å². The summed E-state index contributed by atoms with van der Waals surface area (Å²) in [4.78, 5) is 35.9. The number of hydrogen-bond donors (Lipinski definition) is 3. The zero-order valence-electron chi connectivity index (χ0n) is 9.58. The number of rotatable bonds is 5. The fourth-order valence-corrected chi connectivity index (χ4v) is 1.14. The lowest BCUT2D eigenvalue weighted by molar-refractivity contribution is -0.120. The number of amides is 2. The lowest BCUT2D eigenvalue weighted by Gasteiger charge is -2.05. The van der Waals surface area contributed by atoms with Gasteiger partial charge in [0, 0.05) is 18.8 Å². The van der Waals surface area contributed by atoms with Gasteiger partial charge in [-0.25, -0.2) is 0 Å². The molecule has 2 amide bonds. The third-order valence-corrected chi connectivity index (χ3v) is 2.03. The first-order valence-corrected chi connectivity index (χ1v) is 5.37. The van der Waals surface area contributed by atoms with Crippen molar-refractivity contribution in [1.29, 1.82) is 0 Å². The molecule has 1 aromatic rings. The summed E-state index contributed by atoms with van der Waals surface area (Å²) < 4.78 is 0. The Morgan fingerprint density at radius 1 is 1.29 bits per heavy atom. The van der Waals surface area contributed by atoms with Crippen LogP contribution >= 0.6 is 0 Å². The molecule has 17 heavy (non-hydrogen) atoms. The highest BCUT2D eigenvalue weighted by Crippen LogP contribution is 1.91. The van der Waals surface area contributed by atoms with Crippen LogP contribution in [-0.4, -0.2) is 29.9 Å². The zero-order valence-corrected chi connectivity index (χ0v) is 9.58. The normalized spacial score (nSPS) is 9.71. The van der Waals surface area contributed by atoms with Gasteiger partial charge in [-0.2, -0.15) is 0 Å². The summed E-state index contributed by atoms with van der Waals surface area (Å²) in [5.74, 6) is -0.627. The summed E-state index contributed by atoms with van der Waals surface area (Å²) in [6, 6.07) is 2.66. The number of aromatic nitrogens is 1. The second-order valence-corrected chi connectivity index (χ2v) is 3.47. The highest BCUT2D eigenvalue weighted by atomic mass is 16.2. The third kappa shape index (κ3) is 4.50. The molecule has 0 aromatic carbocycles. The number of carbonyl (C=O) groups is 2. The molecule has 0 spiro atoms. The van der Waals surface area contributed by atoms with Crippen LogP contribution in [0.2, 0.25) is 0 Å². The topological polar surface area (TPSA) is 91.1 Å². The van der Waals surface area contributed by atoms with Crippen molar-refractivity contribution in [2.75, 3.05) is 13.1 Å². The predicted molar refractivity (Wildman–Crippen MR) is 62.7 cm³/mol. The summed E-state index contributed by atoms with van der Waals surface area (Å²) in [6.07, 6.45) is 2.15. The minimum atomic E-state index is -0.395. The van der Waals surface area contributed by atoms with Gasteiger partial charge in [0.05, 0.1) is 12.1 Å². The quantitative estimate of drug-likeness (QED) is 0.652. The van der Waals surface area contributed by atoms with E-state index in [4.69, 9.17) is 0 Å². The van der Waals surface area contributed by atoms with Crippen molar-refractivity contribution >= 4 is 11.8 Å². The van der Waals surface area contributed by atoms with Gasteiger partial charge in [-0.15, -0.1) is 0 Å². The van der Waals surface area contributed by atoms with Crippen molar-refractivity contribution in [3.63, 3.8) is 0 Å². The van der Waals surface area contributed by atoms with E-state index in [1.165, 1.54) is 18.3 Å². The molecule has 0 aliphatic carbocycles. The smallest absolute Gasteiger partial charge is 0.253 e. The molecule has 3 N–H and O–H groups in total. The van der Waals surface area contributed by atoms with Crippen LogP contribution in [0.15, 0.2) is 23.1 Å². The second kappa shape index (κ2) is 6.47. The number of H-pyrrole nitrogens is 1. The fourth-order valence-electron chi connectivity index (χ4n) is 1.14. The molecule has 0 saturated heterocycles. The van der Waals surface area contributed by atoms with Gasteiger partial charge in [0.2, 0.25) is 11.5 Å². The third-order valence-electron chi connectivity index (χ3n) is 2.03. The molecule has 0 atom stereocenters. The highest BCUT2D eigenvalue weighted by Gasteiger charge is 2.07. The summed E-state index contributed by atoms with van der Waals surface area (Å²) in [6.45, 7) is 2.46. The van der Waals surface area contributed by atoms with E-state index in [9.17, 15) is 14.4 Å². The van der Waals surface area contributed by atoms with Gasteiger partial charge < -0.3 is 15.6 Å². The highest BCUT2D eigenvalue weighted by molar-refractivity contribution is 5.96. The average Bonchev–Trinajstić information content (AvgIpc) is 2.34. The van der Waals surface area contributed by atoms with Gasteiger partial charge >= 0.3 is 0 Å². The molecule has 1 rings (SSSR count). The molecule has 1 aromatic heterocycles. The van der Waals surface area contributed by atoms with Crippen LogP contribution < -0.4 is 16.2 Å². The first kappa shape index (κ1) is 13.0. The monoisotopic (exact) mass is 237 g/mol. The Labute approximate surface area is 98.4 Å². The van der Waals surface area contributed by atoms with Gasteiger partial charge in [-0.3, -0.25) is 14.4 Å². The Morgan fingerprint density at radius 3 is 2.65 bits per heavy atom. The van der Waals surface area contributed by atoms with Crippen LogP contribution in [0.25, 0.3) is 0 Å². The molecule has 0 fully saturated rings. The number of aromatic amines is 1. The molecule has 0 aliphatic rings. The molecule has 0 bridgehead atoms. The van der Waals surface area contributed by atoms with Crippen LogP contribution in [0.3, 0.4) is 0 Å². The van der Waals surface area contributed by atoms with E-state index < -0.39 is 5.91 Å². The minimum Gasteiger partial charge on any atom is -0.355 e. The number of nitrogens with one attached hydrogen (secondary N) is 3. The molecule has 0 radical (unpaired) electrons. The standard InChI is InChI=1S/C11H15N3O3/c1-2-5-12-10(16)7-14-11(17)8-3-4-9(15)13-6-8/h3-4,6H,2,5,7H2,1H3,(H,12,16)(H,13,15)(H,14,17). The first-order chi connectivity index (χ1) is 8.13. The van der Waals surface area contributed by atoms with E-state index in [0.29, 0.717) is 12.1 Å². The molecule has 0 saturated carbocycles. The van der Waals surface area contributed by atoms with Gasteiger partial charge in [0.15, 0.2) is 0 Å². The Hall–Kier alpha value is -2.11. The van der Waals surface area contributed by atoms with Crippen LogP contribution in [0, 0.1) is 0 Å². The lowest BCUT2D eigenvalue weighted by atomic mass is 10.2. The van der Waals surface area contributed by atoms with Crippen molar-refractivity contribution in [1.82, 2.24) is 15.6 Å². The van der Waals surface area contributed by atoms with E-state index >= 15 is 0 Å². The Kier molecular flexibility index (Phi) is 4.93. The summed E-state index contributed by atoms with van der Waals surface area (Å²) in [5.41, 5.74) is 0.0372. The van der Waals surface area contributed by atoms with Gasteiger partial charge in [0.1, 0.15) is 0 Å². The maximum Gasteiger partial charge on any atom is 0.253 e. The van der Waals surface area contributed by atoms with Crippen LogP contribution in [-0.2, 0) is 4.79 Å². The van der Waals surface area contributed by atoms with Gasteiger partial charge in [-0.1, -0.05) is 6.92 Å². The molecule has 6 nitrogen and oxygen atoms in total. The zero-order chi connectivity index (χ0) is 12.7. The molecular formula is C11H15N3O3. The van der Waals surface area contributed by atoms with E-state index in [2.05, 4.69) is 15.6 Å². The van der Waals surface area contributed by atoms with Crippen LogP contribution in [0.4, 0.5) is 0 Å². The van der Waals surface area contributed by atoms with E-state index in [1.54, 1.807) is 0 Å². The van der Waals surface area contributed by atoms with Crippen molar-refractivity contribution < 1.29 is 9.59 Å². The van der Waals surface area contributed by atoms with Crippen LogP contribution in [0.1, 0.15) is 23.7 Å². The van der Waals surface area contributed by atoms with Gasteiger partial charge in [0.25, 0.3) is 5.91 Å². The molecule has 6 heteroatoms. The number of carbonyl (C=O) groups excluding carboxylic acids is 2. The lowest BCUT2D eigenvalue weighted by Crippen LogP contribution is -2.37. The van der Waals surface area contributed by atoms with E-state index in [1.807, 2.05) is 6.92 Å². The molecule has 0 aliphatic heterocycles. The fraction of sp³-hybridized carbons (Fsp3) is 0.364. The molecule has 92 valence electrons. The first-order valence-electron chi connectivity index (χ1n) is 5.37. The summed E-state index contributed by atoms with van der Waals surface area (Å²) in [5, 5.41) is 5.09. The largest absolute Gasteiger partial charge is 0.355 e. The summed E-state index contributed by atoms with van der Waals surface area (Å²) in [7, 11) is 0.